The van der Waals surface area contributed by atoms with Gasteiger partial charge in [-0.3, -0.25) is 4.79 Å². The van der Waals surface area contributed by atoms with E-state index in [9.17, 15) is 13.2 Å². The Morgan fingerprint density at radius 3 is 2.20 bits per heavy atom. The molecule has 0 radical (unpaired) electrons. The van der Waals surface area contributed by atoms with E-state index >= 15 is 0 Å². The molecule has 0 bridgehead atoms. The highest BCUT2D eigenvalue weighted by Gasteiger charge is 2.28. The third-order valence-electron chi connectivity index (χ3n) is 2.75. The number of likely N-dealkylation sites (tertiary alicyclic amines) is 1. The molecule has 0 aromatic heterocycles. The van der Waals surface area contributed by atoms with Crippen molar-refractivity contribution in [2.24, 2.45) is 0 Å². The third kappa shape index (κ3) is 3.32. The average Bonchev–Trinajstić information content (AvgIpc) is 2.15. The Bertz CT molecular complexity index is 336. The van der Waals surface area contributed by atoms with Crippen molar-refractivity contribution in [1.82, 2.24) is 9.21 Å². The minimum absolute atomic E-state index is 0.0210. The van der Waals surface area contributed by atoms with E-state index in [-0.39, 0.29) is 6.04 Å². The Morgan fingerprint density at radius 2 is 1.87 bits per heavy atom. The fourth-order valence-electron chi connectivity index (χ4n) is 1.68. The van der Waals surface area contributed by atoms with Gasteiger partial charge in [0.15, 0.2) is 0 Å². The first-order valence-electron chi connectivity index (χ1n) is 4.70. The van der Waals surface area contributed by atoms with Crippen LogP contribution >= 0.6 is 11.6 Å². The molecule has 0 spiro atoms. The van der Waals surface area contributed by atoms with Gasteiger partial charge in [0.25, 0.3) is 0 Å². The van der Waals surface area contributed by atoms with E-state index in [0.29, 0.717) is 25.9 Å². The number of halogens is 1. The minimum atomic E-state index is -3.14. The molecule has 0 N–H and O–H groups in total. The number of sulfonamides is 1. The van der Waals surface area contributed by atoms with Crippen molar-refractivity contribution >= 4 is 27.0 Å². The van der Waals surface area contributed by atoms with Gasteiger partial charge in [-0.15, -0.1) is 0 Å². The van der Waals surface area contributed by atoms with Gasteiger partial charge in [0.05, 0.1) is 6.26 Å². The highest BCUT2D eigenvalue weighted by Crippen LogP contribution is 2.18. The van der Waals surface area contributed by atoms with Crippen molar-refractivity contribution in [3.63, 3.8) is 0 Å². The van der Waals surface area contributed by atoms with Crippen molar-refractivity contribution in [1.29, 1.82) is 0 Å². The Morgan fingerprint density at radius 1 is 1.40 bits per heavy atom. The van der Waals surface area contributed by atoms with E-state index in [4.69, 9.17) is 11.6 Å². The lowest BCUT2D eigenvalue weighted by Gasteiger charge is -2.34. The van der Waals surface area contributed by atoms with Gasteiger partial charge in [-0.25, -0.2) is 12.7 Å². The summed E-state index contributed by atoms with van der Waals surface area (Å²) in [5.74, 6) is 0. The van der Waals surface area contributed by atoms with Gasteiger partial charge in [-0.2, -0.15) is 0 Å². The predicted octanol–water partition coefficient (Wildman–Crippen LogP) is 0.701. The fourth-order valence-corrected chi connectivity index (χ4v) is 2.60. The molecule has 0 unspecified atom stereocenters. The minimum Gasteiger partial charge on any atom is -0.329 e. The molecular formula is C8H15ClN2O3S. The van der Waals surface area contributed by atoms with Crippen LogP contribution in [0.25, 0.3) is 0 Å². The Kier molecular flexibility index (Phi) is 3.97. The summed E-state index contributed by atoms with van der Waals surface area (Å²) in [6, 6.07) is -0.0210. The second-order valence-corrected chi connectivity index (χ2v) is 6.12. The Hall–Kier alpha value is -0.330. The molecule has 1 fully saturated rings. The molecular weight excluding hydrogens is 240 g/mol. The summed E-state index contributed by atoms with van der Waals surface area (Å²) < 4.78 is 23.9. The number of amides is 1. The molecule has 0 saturated carbocycles. The van der Waals surface area contributed by atoms with E-state index in [1.807, 2.05) is 0 Å². The van der Waals surface area contributed by atoms with Crippen LogP contribution in [-0.2, 0) is 10.0 Å². The van der Waals surface area contributed by atoms with Crippen LogP contribution in [0.4, 0.5) is 4.79 Å². The van der Waals surface area contributed by atoms with Crippen LogP contribution in [0.3, 0.4) is 0 Å². The lowest BCUT2D eigenvalue weighted by atomic mass is 10.1. The third-order valence-corrected chi connectivity index (χ3v) is 4.33. The van der Waals surface area contributed by atoms with Crippen molar-refractivity contribution in [2.75, 3.05) is 26.4 Å². The van der Waals surface area contributed by atoms with Gasteiger partial charge in [-0.05, 0) is 24.4 Å². The van der Waals surface area contributed by atoms with Crippen LogP contribution in [0.2, 0.25) is 0 Å². The lowest BCUT2D eigenvalue weighted by Crippen LogP contribution is -2.45. The first-order valence-corrected chi connectivity index (χ1v) is 6.92. The van der Waals surface area contributed by atoms with Gasteiger partial charge in [-0.1, -0.05) is 0 Å². The number of hydrogen-bond donors (Lipinski definition) is 0. The largest absolute Gasteiger partial charge is 0.329 e. The lowest BCUT2D eigenvalue weighted by molar-refractivity contribution is 0.183. The van der Waals surface area contributed by atoms with Crippen LogP contribution in [0.1, 0.15) is 12.8 Å². The molecule has 1 aliphatic heterocycles. The molecule has 15 heavy (non-hydrogen) atoms. The average molecular weight is 255 g/mol. The number of carbonyl (C=O) groups excluding carboxylic acids is 1. The van der Waals surface area contributed by atoms with Crippen molar-refractivity contribution < 1.29 is 13.2 Å². The zero-order chi connectivity index (χ0) is 11.6. The summed E-state index contributed by atoms with van der Waals surface area (Å²) >= 11 is 5.33. The molecule has 1 amide bonds. The van der Waals surface area contributed by atoms with Crippen molar-refractivity contribution in [2.45, 2.75) is 18.9 Å². The number of piperidine rings is 1. The van der Waals surface area contributed by atoms with E-state index < -0.39 is 15.4 Å². The molecule has 7 heteroatoms. The van der Waals surface area contributed by atoms with Gasteiger partial charge in [0.2, 0.25) is 10.0 Å². The highest BCUT2D eigenvalue weighted by atomic mass is 35.5. The number of hydrogen-bond acceptors (Lipinski definition) is 3. The molecule has 1 aliphatic rings. The molecule has 0 aliphatic carbocycles. The standard InChI is InChI=1S/C8H15ClN2O3S/c1-10(15(2,13)14)7-3-5-11(6-4-7)8(9)12/h7H,3-6H2,1-2H3. The van der Waals surface area contributed by atoms with Gasteiger partial charge >= 0.3 is 5.37 Å². The van der Waals surface area contributed by atoms with Crippen LogP contribution in [0.15, 0.2) is 0 Å². The van der Waals surface area contributed by atoms with E-state index in [2.05, 4.69) is 0 Å². The molecule has 88 valence electrons. The predicted molar refractivity (Wildman–Crippen MR) is 58.5 cm³/mol. The molecule has 0 aromatic carbocycles. The fraction of sp³-hybridized carbons (Fsp3) is 0.875. The summed E-state index contributed by atoms with van der Waals surface area (Å²) in [5, 5.41) is -0.463. The quantitative estimate of drug-likeness (QED) is 0.539. The van der Waals surface area contributed by atoms with Gasteiger partial charge in [0.1, 0.15) is 0 Å². The Balaban J connectivity index is 2.55. The second-order valence-electron chi connectivity index (χ2n) is 3.75. The Labute approximate surface area is 95.0 Å². The second kappa shape index (κ2) is 4.67. The first-order chi connectivity index (χ1) is 6.82. The molecule has 0 aromatic rings. The summed E-state index contributed by atoms with van der Waals surface area (Å²) in [4.78, 5) is 12.4. The zero-order valence-electron chi connectivity index (χ0n) is 8.81. The summed E-state index contributed by atoms with van der Waals surface area (Å²) in [5.41, 5.74) is 0. The summed E-state index contributed by atoms with van der Waals surface area (Å²) in [6.45, 7) is 1.04. The van der Waals surface area contributed by atoms with Crippen LogP contribution in [-0.4, -0.2) is 55.4 Å². The smallest absolute Gasteiger partial charge is 0.316 e. The molecule has 5 nitrogen and oxygen atoms in total. The maximum absolute atomic E-state index is 11.3. The maximum atomic E-state index is 11.3. The van der Waals surface area contributed by atoms with E-state index in [1.165, 1.54) is 15.5 Å². The SMILES string of the molecule is CN(C1CCN(C(=O)Cl)CC1)S(C)(=O)=O. The first kappa shape index (κ1) is 12.7. The number of nitrogens with zero attached hydrogens (tertiary/aromatic N) is 2. The molecule has 0 atom stereocenters. The monoisotopic (exact) mass is 254 g/mol. The highest BCUT2D eigenvalue weighted by molar-refractivity contribution is 7.88. The van der Waals surface area contributed by atoms with Gasteiger partial charge < -0.3 is 4.90 Å². The van der Waals surface area contributed by atoms with Crippen LogP contribution in [0, 0.1) is 0 Å². The molecule has 1 saturated heterocycles. The van der Waals surface area contributed by atoms with E-state index in [0.717, 1.165) is 0 Å². The van der Waals surface area contributed by atoms with E-state index in [1.54, 1.807) is 7.05 Å². The summed E-state index contributed by atoms with van der Waals surface area (Å²) in [6.07, 6.45) is 2.47. The van der Waals surface area contributed by atoms with Gasteiger partial charge in [0, 0.05) is 26.2 Å². The maximum Gasteiger partial charge on any atom is 0.316 e. The molecule has 1 heterocycles. The topological polar surface area (TPSA) is 57.7 Å². The van der Waals surface area contributed by atoms with Crippen LogP contribution in [0.5, 0.6) is 0 Å². The normalized spacial score (nSPS) is 19.6. The zero-order valence-corrected chi connectivity index (χ0v) is 10.4. The van der Waals surface area contributed by atoms with Crippen molar-refractivity contribution in [3.8, 4) is 0 Å². The van der Waals surface area contributed by atoms with Crippen LogP contribution < -0.4 is 0 Å². The summed E-state index contributed by atoms with van der Waals surface area (Å²) in [7, 11) is -1.58. The number of carbonyl (C=O) groups is 1. The number of rotatable bonds is 2. The molecule has 1 rings (SSSR count). The van der Waals surface area contributed by atoms with Crippen molar-refractivity contribution in [3.05, 3.63) is 0 Å².